The Bertz CT molecular complexity index is 1220. The fraction of sp³-hybridized carbons (Fsp3) is 0.440. The number of rotatable bonds is 7. The molecule has 0 radical (unpaired) electrons. The number of halogens is 6. The van der Waals surface area contributed by atoms with Gasteiger partial charge in [0.25, 0.3) is 0 Å². The van der Waals surface area contributed by atoms with Gasteiger partial charge in [-0.1, -0.05) is 47.5 Å². The number of hydrogen-bond donors (Lipinski definition) is 0. The topological polar surface area (TPSA) is 89.8 Å². The van der Waals surface area contributed by atoms with E-state index in [1.807, 2.05) is 0 Å². The van der Waals surface area contributed by atoms with Gasteiger partial charge in [0.15, 0.2) is 16.9 Å². The normalized spacial score (nSPS) is 16.8. The minimum atomic E-state index is -5.22. The summed E-state index contributed by atoms with van der Waals surface area (Å²) in [5, 5.41) is 10.9. The molecule has 3 rings (SSSR count). The van der Waals surface area contributed by atoms with Gasteiger partial charge in [-0.05, 0) is 50.1 Å². The van der Waals surface area contributed by atoms with Crippen LogP contribution < -0.4 is 0 Å². The summed E-state index contributed by atoms with van der Waals surface area (Å²) < 4.78 is 63.7. The summed E-state index contributed by atoms with van der Waals surface area (Å²) in [6.07, 6.45) is -7.21. The van der Waals surface area contributed by atoms with Crippen LogP contribution in [0.4, 0.5) is 22.4 Å². The molecule has 0 bridgehead atoms. The van der Waals surface area contributed by atoms with Crippen LogP contribution in [-0.4, -0.2) is 53.1 Å². The standard InChI is InChI=1S/C25H24Cl2F4N2O5/c1-22(2,3)38-21(35)32-13-24(28,14-32)16-6-4-15(5-7-16)20(34)11-23(12-33(36)37,25(29,30)31)17-8-18(26)10-19(27)9-17/h4-10H,11-14H2,1-3H3. The Labute approximate surface area is 225 Å². The first-order valence-electron chi connectivity index (χ1n) is 11.3. The lowest BCUT2D eigenvalue weighted by molar-refractivity contribution is -0.501. The van der Waals surface area contributed by atoms with Gasteiger partial charge in [0.2, 0.25) is 6.54 Å². The van der Waals surface area contributed by atoms with Crippen LogP contribution in [0.25, 0.3) is 0 Å². The number of nitrogens with zero attached hydrogens (tertiary/aromatic N) is 2. The van der Waals surface area contributed by atoms with E-state index in [-0.39, 0.29) is 34.3 Å². The second-order valence-corrected chi connectivity index (χ2v) is 11.1. The first-order chi connectivity index (χ1) is 17.3. The molecule has 1 atom stereocenters. The highest BCUT2D eigenvalue weighted by Crippen LogP contribution is 2.46. The van der Waals surface area contributed by atoms with Crippen molar-refractivity contribution in [3.8, 4) is 0 Å². The Morgan fingerprint density at radius 3 is 2.03 bits per heavy atom. The summed E-state index contributed by atoms with van der Waals surface area (Å²) in [4.78, 5) is 36.4. The van der Waals surface area contributed by atoms with Crippen LogP contribution in [0.15, 0.2) is 42.5 Å². The number of hydrogen-bond acceptors (Lipinski definition) is 5. The van der Waals surface area contributed by atoms with E-state index in [0.29, 0.717) is 0 Å². The average molecular weight is 579 g/mol. The van der Waals surface area contributed by atoms with Crippen LogP contribution >= 0.6 is 23.2 Å². The third-order valence-electron chi connectivity index (χ3n) is 6.08. The summed E-state index contributed by atoms with van der Waals surface area (Å²) in [7, 11) is 0. The largest absolute Gasteiger partial charge is 0.444 e. The number of Topliss-reactive ketones (excluding diaryl/α,β-unsaturated/α-hetero) is 1. The third-order valence-corrected chi connectivity index (χ3v) is 6.51. The van der Waals surface area contributed by atoms with Crippen molar-refractivity contribution in [2.24, 2.45) is 0 Å². The predicted octanol–water partition coefficient (Wildman–Crippen LogP) is 6.76. The quantitative estimate of drug-likeness (QED) is 0.157. The Balaban J connectivity index is 1.85. The molecule has 1 saturated heterocycles. The Morgan fingerprint density at radius 1 is 1.05 bits per heavy atom. The molecule has 7 nitrogen and oxygen atoms in total. The molecule has 13 heteroatoms. The molecule has 1 amide bonds. The van der Waals surface area contributed by atoms with Gasteiger partial charge >= 0.3 is 12.3 Å². The van der Waals surface area contributed by atoms with E-state index in [1.165, 1.54) is 12.1 Å². The van der Waals surface area contributed by atoms with Crippen LogP contribution in [0.2, 0.25) is 10.0 Å². The van der Waals surface area contributed by atoms with Gasteiger partial charge in [-0.15, -0.1) is 0 Å². The maximum Gasteiger partial charge on any atom is 0.410 e. The maximum absolute atomic E-state index is 15.3. The molecule has 1 heterocycles. The van der Waals surface area contributed by atoms with E-state index in [9.17, 15) is 32.9 Å². The van der Waals surface area contributed by atoms with Crippen molar-refractivity contribution < 1.29 is 36.8 Å². The zero-order valence-electron chi connectivity index (χ0n) is 20.6. The Kier molecular flexibility index (Phi) is 8.06. The monoisotopic (exact) mass is 578 g/mol. The number of carbonyl (C=O) groups excluding carboxylic acids is 2. The Hall–Kier alpha value is -2.92. The predicted molar refractivity (Wildman–Crippen MR) is 132 cm³/mol. The molecule has 1 unspecified atom stereocenters. The molecule has 0 aliphatic carbocycles. The summed E-state index contributed by atoms with van der Waals surface area (Å²) in [6, 6.07) is 7.71. The van der Waals surface area contributed by atoms with Gasteiger partial charge in [-0.25, -0.2) is 9.18 Å². The molecular weight excluding hydrogens is 555 g/mol. The lowest BCUT2D eigenvalue weighted by atomic mass is 9.74. The van der Waals surface area contributed by atoms with Crippen molar-refractivity contribution >= 4 is 35.1 Å². The number of amides is 1. The summed E-state index contributed by atoms with van der Waals surface area (Å²) >= 11 is 11.7. The summed E-state index contributed by atoms with van der Waals surface area (Å²) in [5.74, 6) is -1.05. The molecule has 1 aliphatic heterocycles. The number of nitro groups is 1. The van der Waals surface area contributed by atoms with Crippen molar-refractivity contribution in [1.82, 2.24) is 4.90 Å². The van der Waals surface area contributed by atoms with Gasteiger partial charge in [-0.2, -0.15) is 13.2 Å². The zero-order chi connectivity index (χ0) is 28.7. The second kappa shape index (κ2) is 10.3. The van der Waals surface area contributed by atoms with E-state index in [4.69, 9.17) is 27.9 Å². The number of ether oxygens (including phenoxy) is 1. The molecule has 206 valence electrons. The smallest absolute Gasteiger partial charge is 0.410 e. The van der Waals surface area contributed by atoms with E-state index in [0.717, 1.165) is 35.2 Å². The molecule has 2 aromatic carbocycles. The van der Waals surface area contributed by atoms with Gasteiger partial charge in [0, 0.05) is 27.0 Å². The zero-order valence-corrected chi connectivity index (χ0v) is 22.1. The van der Waals surface area contributed by atoms with Gasteiger partial charge in [0.05, 0.1) is 13.1 Å². The molecule has 1 aliphatic rings. The van der Waals surface area contributed by atoms with E-state index >= 15 is 4.39 Å². The van der Waals surface area contributed by atoms with Gasteiger partial charge < -0.3 is 9.64 Å². The first-order valence-corrected chi connectivity index (χ1v) is 12.1. The van der Waals surface area contributed by atoms with Crippen molar-refractivity contribution in [3.05, 3.63) is 79.3 Å². The van der Waals surface area contributed by atoms with Crippen LogP contribution in [-0.2, 0) is 15.8 Å². The lowest BCUT2D eigenvalue weighted by Crippen LogP contribution is -2.59. The van der Waals surface area contributed by atoms with Gasteiger partial charge in [-0.3, -0.25) is 14.9 Å². The molecule has 2 aromatic rings. The van der Waals surface area contributed by atoms with E-state index in [1.54, 1.807) is 20.8 Å². The summed E-state index contributed by atoms with van der Waals surface area (Å²) in [6.45, 7) is 2.77. The molecule has 1 fully saturated rings. The lowest BCUT2D eigenvalue weighted by Gasteiger charge is -2.44. The summed E-state index contributed by atoms with van der Waals surface area (Å²) in [5.41, 5.74) is -6.62. The van der Waals surface area contributed by atoms with Crippen molar-refractivity contribution in [1.29, 1.82) is 0 Å². The highest BCUT2D eigenvalue weighted by Gasteiger charge is 2.61. The molecule has 0 saturated carbocycles. The number of ketones is 1. The third kappa shape index (κ3) is 6.37. The minimum Gasteiger partial charge on any atom is -0.444 e. The molecule has 0 spiro atoms. The highest BCUT2D eigenvalue weighted by atomic mass is 35.5. The van der Waals surface area contributed by atoms with Crippen LogP contribution in [0.5, 0.6) is 0 Å². The fourth-order valence-corrected chi connectivity index (χ4v) is 4.71. The highest BCUT2D eigenvalue weighted by molar-refractivity contribution is 6.34. The fourth-order valence-electron chi connectivity index (χ4n) is 4.18. The first kappa shape index (κ1) is 29.6. The van der Waals surface area contributed by atoms with Gasteiger partial charge in [0.1, 0.15) is 5.60 Å². The SMILES string of the molecule is CC(C)(C)OC(=O)N1CC(F)(c2ccc(C(=O)CC(C[N+](=O)[O-])(c3cc(Cl)cc(Cl)c3)C(F)(F)F)cc2)C1. The molecule has 38 heavy (non-hydrogen) atoms. The molecular formula is C25H24Cl2F4N2O5. The second-order valence-electron chi connectivity index (χ2n) is 10.2. The molecule has 0 aromatic heterocycles. The van der Waals surface area contributed by atoms with E-state index < -0.39 is 58.2 Å². The average Bonchev–Trinajstić information content (AvgIpc) is 2.73. The van der Waals surface area contributed by atoms with Crippen molar-refractivity contribution in [2.75, 3.05) is 19.6 Å². The number of carbonyl (C=O) groups is 2. The van der Waals surface area contributed by atoms with Crippen LogP contribution in [0, 0.1) is 10.1 Å². The number of alkyl halides is 4. The van der Waals surface area contributed by atoms with E-state index in [2.05, 4.69) is 0 Å². The van der Waals surface area contributed by atoms with Crippen molar-refractivity contribution in [2.45, 2.75) is 50.1 Å². The van der Waals surface area contributed by atoms with Crippen LogP contribution in [0.3, 0.4) is 0 Å². The maximum atomic E-state index is 15.3. The van der Waals surface area contributed by atoms with Crippen LogP contribution in [0.1, 0.15) is 48.7 Å². The van der Waals surface area contributed by atoms with Crippen molar-refractivity contribution in [3.63, 3.8) is 0 Å². The number of benzene rings is 2. The number of likely N-dealkylation sites (tertiary alicyclic amines) is 1. The molecule has 0 N–H and O–H groups in total. The Morgan fingerprint density at radius 2 is 1.58 bits per heavy atom. The minimum absolute atomic E-state index is 0.114.